The number of nitrogens with one attached hydrogen (secondary N) is 1. The van der Waals surface area contributed by atoms with Crippen molar-refractivity contribution in [1.29, 1.82) is 0 Å². The predicted molar refractivity (Wildman–Crippen MR) is 97.6 cm³/mol. The molecule has 1 amide bonds. The van der Waals surface area contributed by atoms with Gasteiger partial charge in [0.05, 0.1) is 6.61 Å². The third-order valence-electron chi connectivity index (χ3n) is 3.60. The van der Waals surface area contributed by atoms with Crippen LogP contribution in [-0.2, 0) is 13.6 Å². The Balaban J connectivity index is 4.45. The van der Waals surface area contributed by atoms with Crippen LogP contribution in [0.15, 0.2) is 0 Å². The van der Waals surface area contributed by atoms with E-state index in [-0.39, 0.29) is 18.8 Å². The average molecular weight is 398 g/mol. The lowest BCUT2D eigenvalue weighted by molar-refractivity contribution is -0.148. The van der Waals surface area contributed by atoms with E-state index in [0.29, 0.717) is 12.5 Å². The van der Waals surface area contributed by atoms with Crippen molar-refractivity contribution in [3.05, 3.63) is 0 Å². The molecule has 0 heterocycles. The molecule has 26 heavy (non-hydrogen) atoms. The van der Waals surface area contributed by atoms with Gasteiger partial charge in [-0.25, -0.2) is 0 Å². The van der Waals surface area contributed by atoms with Crippen molar-refractivity contribution in [2.75, 3.05) is 13.2 Å². The fourth-order valence-corrected chi connectivity index (χ4v) is 5.65. The molecule has 0 spiro atoms. The summed E-state index contributed by atoms with van der Waals surface area (Å²) in [7, 11) is -2.40. The van der Waals surface area contributed by atoms with E-state index < -0.39 is 45.5 Å². The predicted octanol–water partition coefficient (Wildman–Crippen LogP) is -1.15. The molecule has 0 saturated heterocycles. The van der Waals surface area contributed by atoms with E-state index >= 15 is 0 Å². The van der Waals surface area contributed by atoms with Gasteiger partial charge in [0.15, 0.2) is 6.10 Å². The Labute approximate surface area is 156 Å². The highest BCUT2D eigenvalue weighted by Gasteiger charge is 2.35. The molecule has 156 valence electrons. The summed E-state index contributed by atoms with van der Waals surface area (Å²) in [5.74, 6) is -0.875. The van der Waals surface area contributed by atoms with Gasteiger partial charge in [0, 0.05) is 18.8 Å². The highest BCUT2D eigenvalue weighted by molar-refractivity contribution is 6.66. The summed E-state index contributed by atoms with van der Waals surface area (Å²) in [5, 5.41) is 49.4. The molecule has 0 radical (unpaired) electrons. The molecule has 6 N–H and O–H groups in total. The molecule has 0 aromatic heterocycles. The van der Waals surface area contributed by atoms with Gasteiger partial charge in [-0.1, -0.05) is 0 Å². The van der Waals surface area contributed by atoms with Gasteiger partial charge in [0.2, 0.25) is 0 Å². The number of hydrogen-bond acceptors (Lipinski definition) is 8. The lowest BCUT2D eigenvalue weighted by atomic mass is 10.0. The third kappa shape index (κ3) is 9.37. The number of amides is 1. The molecule has 0 aromatic rings. The van der Waals surface area contributed by atoms with E-state index in [1.807, 2.05) is 34.2 Å². The standard InChI is InChI=1S/C16H35NO8Si/c1-10(2)24-26(5,25-11(3)4)8-6-7-17-16(23)15(22)14(21)13(20)12(19)9-18/h10-15,18-22H,6-9H2,1-5H3,(H,17,23)/t12-,13-,14+,15-/m1/s1. The first-order valence-electron chi connectivity index (χ1n) is 8.90. The normalized spacial score (nSPS) is 17.2. The van der Waals surface area contributed by atoms with Crippen LogP contribution in [0.2, 0.25) is 12.6 Å². The maximum atomic E-state index is 11.9. The van der Waals surface area contributed by atoms with Crippen molar-refractivity contribution in [3.63, 3.8) is 0 Å². The first kappa shape index (κ1) is 25.4. The number of carbonyl (C=O) groups is 1. The Morgan fingerprint density at radius 1 is 1.00 bits per heavy atom. The SMILES string of the molecule is CC(C)O[Si](C)(CCCNC(=O)[C@H](O)[C@@H](O)[C@H](O)[C@H](O)CO)OC(C)C. The largest absolute Gasteiger partial charge is 0.394 e. The van der Waals surface area contributed by atoms with Gasteiger partial charge in [-0.15, -0.1) is 0 Å². The second kappa shape index (κ2) is 12.0. The second-order valence-electron chi connectivity index (χ2n) is 7.04. The van der Waals surface area contributed by atoms with Crippen LogP contribution in [-0.4, -0.2) is 89.8 Å². The maximum absolute atomic E-state index is 11.9. The fraction of sp³-hybridized carbons (Fsp3) is 0.938. The van der Waals surface area contributed by atoms with Gasteiger partial charge < -0.3 is 39.7 Å². The minimum atomic E-state index is -2.40. The highest BCUT2D eigenvalue weighted by atomic mass is 28.4. The number of aliphatic hydroxyl groups is 5. The summed E-state index contributed by atoms with van der Waals surface area (Å²) in [6.07, 6.45) is -6.72. The van der Waals surface area contributed by atoms with Gasteiger partial charge in [-0.3, -0.25) is 4.79 Å². The van der Waals surface area contributed by atoms with Crippen molar-refractivity contribution in [2.45, 2.75) is 83.3 Å². The highest BCUT2D eigenvalue weighted by Crippen LogP contribution is 2.19. The van der Waals surface area contributed by atoms with Crippen molar-refractivity contribution in [2.24, 2.45) is 0 Å². The molecule has 9 nitrogen and oxygen atoms in total. The van der Waals surface area contributed by atoms with Gasteiger partial charge in [-0.05, 0) is 46.7 Å². The summed E-state index contributed by atoms with van der Waals surface area (Å²) < 4.78 is 11.9. The van der Waals surface area contributed by atoms with Crippen LogP contribution in [0.3, 0.4) is 0 Å². The fourth-order valence-electron chi connectivity index (χ4n) is 2.55. The molecule has 0 aliphatic carbocycles. The first-order valence-corrected chi connectivity index (χ1v) is 11.4. The molecule has 0 aliphatic rings. The van der Waals surface area contributed by atoms with E-state index in [2.05, 4.69) is 5.32 Å². The lowest BCUT2D eigenvalue weighted by Gasteiger charge is -2.31. The summed E-state index contributed by atoms with van der Waals surface area (Å²) >= 11 is 0. The van der Waals surface area contributed by atoms with Crippen LogP contribution >= 0.6 is 0 Å². The van der Waals surface area contributed by atoms with Crippen LogP contribution in [0.25, 0.3) is 0 Å². The van der Waals surface area contributed by atoms with Crippen LogP contribution in [0.5, 0.6) is 0 Å². The monoisotopic (exact) mass is 397 g/mol. The second-order valence-corrected chi connectivity index (χ2v) is 10.3. The van der Waals surface area contributed by atoms with E-state index in [4.69, 9.17) is 14.0 Å². The Hall–Kier alpha value is -0.593. The third-order valence-corrected chi connectivity index (χ3v) is 6.80. The zero-order chi connectivity index (χ0) is 20.5. The van der Waals surface area contributed by atoms with Gasteiger partial charge in [0.25, 0.3) is 5.91 Å². The van der Waals surface area contributed by atoms with Crippen molar-refractivity contribution in [1.82, 2.24) is 5.32 Å². The number of hydrogen-bond donors (Lipinski definition) is 6. The van der Waals surface area contributed by atoms with E-state index in [1.54, 1.807) is 0 Å². The molecular formula is C16H35NO8Si. The Bertz CT molecular complexity index is 400. The summed E-state index contributed by atoms with van der Waals surface area (Å²) in [4.78, 5) is 11.9. The van der Waals surface area contributed by atoms with Crippen LogP contribution in [0, 0.1) is 0 Å². The molecular weight excluding hydrogens is 362 g/mol. The number of rotatable bonds is 13. The van der Waals surface area contributed by atoms with Crippen molar-refractivity contribution in [3.8, 4) is 0 Å². The minimum Gasteiger partial charge on any atom is -0.394 e. The summed E-state index contributed by atoms with van der Waals surface area (Å²) in [6.45, 7) is 9.11. The van der Waals surface area contributed by atoms with Crippen LogP contribution in [0.1, 0.15) is 34.1 Å². The van der Waals surface area contributed by atoms with Gasteiger partial charge in [-0.2, -0.15) is 0 Å². The van der Waals surface area contributed by atoms with Crippen LogP contribution in [0.4, 0.5) is 0 Å². The molecule has 0 unspecified atom stereocenters. The zero-order valence-corrected chi connectivity index (χ0v) is 17.3. The molecule has 0 aliphatic heterocycles. The summed E-state index contributed by atoms with van der Waals surface area (Å²) in [5.41, 5.74) is 0. The summed E-state index contributed by atoms with van der Waals surface area (Å²) in [6, 6.07) is 0.633. The average Bonchev–Trinajstić information content (AvgIpc) is 2.54. The van der Waals surface area contributed by atoms with Crippen molar-refractivity contribution < 1.29 is 39.2 Å². The zero-order valence-electron chi connectivity index (χ0n) is 16.3. The number of aliphatic hydroxyl groups excluding tert-OH is 5. The molecule has 0 saturated carbocycles. The Morgan fingerprint density at radius 2 is 1.50 bits per heavy atom. The topological polar surface area (TPSA) is 149 Å². The van der Waals surface area contributed by atoms with Crippen LogP contribution < -0.4 is 5.32 Å². The number of carbonyl (C=O) groups excluding carboxylic acids is 1. The molecule has 0 rings (SSSR count). The van der Waals surface area contributed by atoms with E-state index in [1.165, 1.54) is 0 Å². The molecule has 0 fully saturated rings. The molecule has 0 bridgehead atoms. The smallest absolute Gasteiger partial charge is 0.335 e. The maximum Gasteiger partial charge on any atom is 0.335 e. The molecule has 10 heteroatoms. The lowest BCUT2D eigenvalue weighted by Crippen LogP contribution is -2.51. The molecule has 4 atom stereocenters. The quantitative estimate of drug-likeness (QED) is 0.169. The van der Waals surface area contributed by atoms with Gasteiger partial charge in [0.1, 0.15) is 18.3 Å². The Morgan fingerprint density at radius 3 is 1.92 bits per heavy atom. The minimum absolute atomic E-state index is 0.0245. The Kier molecular flexibility index (Phi) is 11.7. The van der Waals surface area contributed by atoms with Crippen molar-refractivity contribution >= 4 is 14.5 Å². The first-order chi connectivity index (χ1) is 11.9. The van der Waals surface area contributed by atoms with E-state index in [0.717, 1.165) is 0 Å². The van der Waals surface area contributed by atoms with Gasteiger partial charge >= 0.3 is 8.56 Å². The van der Waals surface area contributed by atoms with E-state index in [9.17, 15) is 25.2 Å². The molecule has 0 aromatic carbocycles.